The Labute approximate surface area is 87.3 Å². The summed E-state index contributed by atoms with van der Waals surface area (Å²) in [5.74, 6) is 0.234. The van der Waals surface area contributed by atoms with Crippen LogP contribution in [0, 0.1) is 0 Å². The average Bonchev–Trinajstić information content (AvgIpc) is 2.66. The Morgan fingerprint density at radius 2 is 2.20 bits per heavy atom. The first-order valence-corrected chi connectivity index (χ1v) is 5.90. The molecule has 0 spiro atoms. The summed E-state index contributed by atoms with van der Waals surface area (Å²) in [7, 11) is -1.86. The van der Waals surface area contributed by atoms with Gasteiger partial charge in [-0.15, -0.1) is 5.10 Å². The molecule has 0 aliphatic heterocycles. The van der Waals surface area contributed by atoms with E-state index in [0.717, 1.165) is 0 Å². The minimum atomic E-state index is -3.22. The fourth-order valence-electron chi connectivity index (χ4n) is 0.802. The largest absolute Gasteiger partial charge is 0.407 e. The van der Waals surface area contributed by atoms with Gasteiger partial charge < -0.3 is 15.5 Å². The maximum atomic E-state index is 11.0. The molecule has 0 amide bonds. The van der Waals surface area contributed by atoms with Gasteiger partial charge in [0.1, 0.15) is 0 Å². The van der Waals surface area contributed by atoms with Gasteiger partial charge in [-0.1, -0.05) is 5.10 Å². The average molecular weight is 235 g/mol. The van der Waals surface area contributed by atoms with E-state index in [4.69, 9.17) is 10.2 Å². The van der Waals surface area contributed by atoms with Crippen LogP contribution in [0.4, 0.5) is 6.01 Å². The molecule has 1 heterocycles. The Hall–Kier alpha value is -1.19. The molecular weight excluding hydrogens is 222 g/mol. The Balaban J connectivity index is 2.38. The molecule has 1 rings (SSSR count). The zero-order valence-electron chi connectivity index (χ0n) is 8.23. The third-order valence-corrected chi connectivity index (χ3v) is 2.96. The van der Waals surface area contributed by atoms with Crippen molar-refractivity contribution in [3.63, 3.8) is 0 Å². The van der Waals surface area contributed by atoms with Crippen molar-refractivity contribution < 1.29 is 12.8 Å². The Bertz CT molecular complexity index is 401. The number of nitrogens with zero attached hydrogens (tertiary/aromatic N) is 2. The predicted octanol–water partition coefficient (Wildman–Crippen LogP) is -1.51. The van der Waals surface area contributed by atoms with Crippen LogP contribution in [-0.4, -0.2) is 38.0 Å². The molecule has 15 heavy (non-hydrogen) atoms. The van der Waals surface area contributed by atoms with Crippen LogP contribution < -0.4 is 15.8 Å². The quantitative estimate of drug-likeness (QED) is 0.547. The summed E-state index contributed by atoms with van der Waals surface area (Å²) < 4.78 is 29.2. The number of nitrogens with one attached hydrogen (secondary N) is 2. The van der Waals surface area contributed by atoms with Crippen LogP contribution in [0.2, 0.25) is 0 Å². The van der Waals surface area contributed by atoms with E-state index in [2.05, 4.69) is 20.2 Å². The molecule has 0 radical (unpaired) electrons. The van der Waals surface area contributed by atoms with Gasteiger partial charge >= 0.3 is 6.01 Å². The second-order valence-corrected chi connectivity index (χ2v) is 4.70. The van der Waals surface area contributed by atoms with Crippen LogP contribution in [0.1, 0.15) is 5.89 Å². The summed E-state index contributed by atoms with van der Waals surface area (Å²) >= 11 is 0. The Kier molecular flexibility index (Phi) is 4.00. The molecule has 0 bridgehead atoms. The van der Waals surface area contributed by atoms with E-state index < -0.39 is 10.0 Å². The smallest absolute Gasteiger partial charge is 0.315 e. The molecule has 9 heteroatoms. The molecule has 0 unspecified atom stereocenters. The molecule has 0 aromatic carbocycles. The SMILES string of the molecule is CNS(=O)(=O)CCNc1nnc(CN)o1. The lowest BCUT2D eigenvalue weighted by Gasteiger charge is -2.01. The monoisotopic (exact) mass is 235 g/mol. The van der Waals surface area contributed by atoms with Gasteiger partial charge in [0.2, 0.25) is 15.9 Å². The number of hydrogen-bond acceptors (Lipinski definition) is 7. The third kappa shape index (κ3) is 3.81. The van der Waals surface area contributed by atoms with E-state index in [-0.39, 0.29) is 24.9 Å². The lowest BCUT2D eigenvalue weighted by atomic mass is 10.7. The molecular formula is C6H13N5O3S. The van der Waals surface area contributed by atoms with Gasteiger partial charge in [-0.2, -0.15) is 0 Å². The molecule has 0 saturated carbocycles. The summed E-state index contributed by atoms with van der Waals surface area (Å²) in [6.07, 6.45) is 0. The molecule has 86 valence electrons. The van der Waals surface area contributed by atoms with Crippen molar-refractivity contribution in [3.05, 3.63) is 5.89 Å². The minimum Gasteiger partial charge on any atom is -0.407 e. The molecule has 0 saturated heterocycles. The van der Waals surface area contributed by atoms with Crippen LogP contribution in [0.15, 0.2) is 4.42 Å². The zero-order chi connectivity index (χ0) is 11.3. The first-order chi connectivity index (χ1) is 7.07. The first-order valence-electron chi connectivity index (χ1n) is 4.25. The fourth-order valence-corrected chi connectivity index (χ4v) is 1.38. The van der Waals surface area contributed by atoms with Gasteiger partial charge in [0.15, 0.2) is 0 Å². The highest BCUT2D eigenvalue weighted by atomic mass is 32.2. The second-order valence-electron chi connectivity index (χ2n) is 2.65. The number of hydrogen-bond donors (Lipinski definition) is 3. The molecule has 0 atom stereocenters. The van der Waals surface area contributed by atoms with E-state index in [1.54, 1.807) is 0 Å². The van der Waals surface area contributed by atoms with Crippen molar-refractivity contribution in [1.82, 2.24) is 14.9 Å². The van der Waals surface area contributed by atoms with Gasteiger partial charge in [-0.25, -0.2) is 13.1 Å². The van der Waals surface area contributed by atoms with E-state index in [1.807, 2.05) is 0 Å². The van der Waals surface area contributed by atoms with Crippen molar-refractivity contribution in [2.24, 2.45) is 5.73 Å². The topological polar surface area (TPSA) is 123 Å². The van der Waals surface area contributed by atoms with E-state index >= 15 is 0 Å². The lowest BCUT2D eigenvalue weighted by Crippen LogP contribution is -2.26. The highest BCUT2D eigenvalue weighted by molar-refractivity contribution is 7.89. The lowest BCUT2D eigenvalue weighted by molar-refractivity contribution is 0.508. The number of rotatable bonds is 6. The molecule has 0 aliphatic rings. The van der Waals surface area contributed by atoms with Crippen molar-refractivity contribution in [2.45, 2.75) is 6.54 Å². The van der Waals surface area contributed by atoms with E-state index in [0.29, 0.717) is 5.89 Å². The molecule has 0 fully saturated rings. The van der Waals surface area contributed by atoms with Gasteiger partial charge in [0.05, 0.1) is 12.3 Å². The second kappa shape index (κ2) is 5.05. The standard InChI is InChI=1S/C6H13N5O3S/c1-8-15(12,13)3-2-9-6-11-10-5(4-7)14-6/h8H,2-4,7H2,1H3,(H,9,11). The number of nitrogens with two attached hydrogens (primary N) is 1. The van der Waals surface area contributed by atoms with Gasteiger partial charge in [-0.3, -0.25) is 0 Å². The zero-order valence-corrected chi connectivity index (χ0v) is 9.04. The number of anilines is 1. The van der Waals surface area contributed by atoms with Gasteiger partial charge in [0, 0.05) is 6.54 Å². The van der Waals surface area contributed by atoms with Crippen molar-refractivity contribution >= 4 is 16.0 Å². The highest BCUT2D eigenvalue weighted by Gasteiger charge is 2.08. The summed E-state index contributed by atoms with van der Waals surface area (Å²) in [4.78, 5) is 0. The van der Waals surface area contributed by atoms with Crippen LogP contribution in [-0.2, 0) is 16.6 Å². The molecule has 1 aromatic heterocycles. The highest BCUT2D eigenvalue weighted by Crippen LogP contribution is 2.03. The predicted molar refractivity (Wildman–Crippen MR) is 53.5 cm³/mol. The van der Waals surface area contributed by atoms with Crippen molar-refractivity contribution in [1.29, 1.82) is 0 Å². The van der Waals surface area contributed by atoms with Gasteiger partial charge in [0.25, 0.3) is 0 Å². The number of sulfonamides is 1. The normalized spacial score (nSPS) is 11.6. The van der Waals surface area contributed by atoms with Crippen molar-refractivity contribution in [2.75, 3.05) is 24.7 Å². The Morgan fingerprint density at radius 1 is 1.47 bits per heavy atom. The summed E-state index contributed by atoms with van der Waals surface area (Å²) in [5.41, 5.74) is 5.25. The van der Waals surface area contributed by atoms with Crippen LogP contribution in [0.3, 0.4) is 0 Å². The first kappa shape index (κ1) is 11.9. The Morgan fingerprint density at radius 3 is 2.73 bits per heavy atom. The van der Waals surface area contributed by atoms with Crippen LogP contribution >= 0.6 is 0 Å². The number of aromatic nitrogens is 2. The summed E-state index contributed by atoms with van der Waals surface area (Å²) in [5, 5.41) is 9.88. The molecule has 0 aliphatic carbocycles. The van der Waals surface area contributed by atoms with Crippen LogP contribution in [0.5, 0.6) is 0 Å². The summed E-state index contributed by atoms with van der Waals surface area (Å²) in [6, 6.07) is 0.168. The maximum Gasteiger partial charge on any atom is 0.315 e. The molecule has 4 N–H and O–H groups in total. The van der Waals surface area contributed by atoms with E-state index in [9.17, 15) is 8.42 Å². The van der Waals surface area contributed by atoms with E-state index in [1.165, 1.54) is 7.05 Å². The third-order valence-electron chi connectivity index (χ3n) is 1.60. The minimum absolute atomic E-state index is 0.0656. The maximum absolute atomic E-state index is 11.0. The van der Waals surface area contributed by atoms with Crippen molar-refractivity contribution in [3.8, 4) is 0 Å². The van der Waals surface area contributed by atoms with Gasteiger partial charge in [-0.05, 0) is 7.05 Å². The summed E-state index contributed by atoms with van der Waals surface area (Å²) in [6.45, 7) is 0.346. The van der Waals surface area contributed by atoms with Crippen LogP contribution in [0.25, 0.3) is 0 Å². The molecule has 1 aromatic rings. The fraction of sp³-hybridized carbons (Fsp3) is 0.667. The molecule has 8 nitrogen and oxygen atoms in total.